The average molecular weight is 528 g/mol. The molecule has 0 saturated heterocycles. The third kappa shape index (κ3) is 9.37. The lowest BCUT2D eigenvalue weighted by molar-refractivity contribution is -0.385. The predicted octanol–water partition coefficient (Wildman–Crippen LogP) is 1.86. The van der Waals surface area contributed by atoms with E-state index in [9.17, 15) is 35.0 Å². The molecule has 204 valence electrons. The van der Waals surface area contributed by atoms with Gasteiger partial charge in [-0.3, -0.25) is 29.5 Å². The van der Waals surface area contributed by atoms with Gasteiger partial charge in [0.25, 0.3) is 5.69 Å². The summed E-state index contributed by atoms with van der Waals surface area (Å²) in [5.74, 6) is -2.01. The first-order valence-corrected chi connectivity index (χ1v) is 12.2. The molecule has 1 heterocycles. The van der Waals surface area contributed by atoms with Crippen LogP contribution in [0.1, 0.15) is 11.1 Å². The molecule has 0 bridgehead atoms. The van der Waals surface area contributed by atoms with Gasteiger partial charge < -0.3 is 25.1 Å². The second-order valence-corrected chi connectivity index (χ2v) is 9.13. The molecular weight excluding hydrogens is 494 g/mol. The number of phenols is 1. The van der Waals surface area contributed by atoms with Crippen molar-refractivity contribution in [3.05, 3.63) is 82.2 Å². The minimum atomic E-state index is -0.980. The maximum Gasteiger partial charge on any atom is 0.323 e. The maximum absolute atomic E-state index is 11.5. The Labute approximate surface area is 220 Å². The van der Waals surface area contributed by atoms with E-state index in [1.807, 2.05) is 51.2 Å². The summed E-state index contributed by atoms with van der Waals surface area (Å²) < 4.78 is 0. The third-order valence-electron chi connectivity index (χ3n) is 6.22. The number of hydrogen-bond donors (Lipinski definition) is 3. The number of phenolic OH excluding ortho intramolecular Hbond substituents is 1. The van der Waals surface area contributed by atoms with Crippen LogP contribution in [-0.4, -0.2) is 104 Å². The number of benzene rings is 2. The summed E-state index contributed by atoms with van der Waals surface area (Å²) in [7, 11) is 0. The van der Waals surface area contributed by atoms with Gasteiger partial charge in [-0.2, -0.15) is 0 Å². The van der Waals surface area contributed by atoms with Gasteiger partial charge in [0.2, 0.25) is 0 Å². The molecule has 2 aromatic rings. The molecule has 0 atom stereocenters. The highest BCUT2D eigenvalue weighted by atomic mass is 16.6. The van der Waals surface area contributed by atoms with Crippen molar-refractivity contribution >= 4 is 17.6 Å². The van der Waals surface area contributed by atoms with Gasteiger partial charge in [0, 0.05) is 82.5 Å². The molecule has 0 spiro atoms. The van der Waals surface area contributed by atoms with Gasteiger partial charge in [-0.05, 0) is 11.6 Å². The summed E-state index contributed by atoms with van der Waals surface area (Å²) in [5.41, 5.74) is 1.29. The Morgan fingerprint density at radius 3 is 2.08 bits per heavy atom. The summed E-state index contributed by atoms with van der Waals surface area (Å²) in [6, 6.07) is 13.6. The molecule has 38 heavy (non-hydrogen) atoms. The van der Waals surface area contributed by atoms with Crippen LogP contribution in [0.25, 0.3) is 0 Å². The van der Waals surface area contributed by atoms with Crippen molar-refractivity contribution in [1.82, 2.24) is 19.6 Å². The topological polar surface area (TPSA) is 151 Å². The number of nitro benzene ring substituents is 1. The monoisotopic (exact) mass is 527 g/mol. The largest absolute Gasteiger partial charge is 0.508 e. The molecule has 2 aromatic carbocycles. The fourth-order valence-electron chi connectivity index (χ4n) is 4.20. The van der Waals surface area contributed by atoms with Crippen LogP contribution in [0, 0.1) is 10.1 Å². The minimum Gasteiger partial charge on any atom is -0.508 e. The van der Waals surface area contributed by atoms with Crippen LogP contribution < -0.4 is 0 Å². The molecular formula is C26H33N5O7. The van der Waals surface area contributed by atoms with Crippen molar-refractivity contribution in [3.63, 3.8) is 0 Å². The Morgan fingerprint density at radius 1 is 0.789 bits per heavy atom. The van der Waals surface area contributed by atoms with Gasteiger partial charge in [-0.15, -0.1) is 0 Å². The van der Waals surface area contributed by atoms with Crippen molar-refractivity contribution in [2.75, 3.05) is 52.4 Å². The van der Waals surface area contributed by atoms with Crippen LogP contribution >= 0.6 is 0 Å². The molecule has 0 radical (unpaired) electrons. The minimum absolute atomic E-state index is 0.0806. The third-order valence-corrected chi connectivity index (χ3v) is 6.22. The van der Waals surface area contributed by atoms with Crippen molar-refractivity contribution in [1.29, 1.82) is 0 Å². The molecule has 3 N–H and O–H groups in total. The summed E-state index contributed by atoms with van der Waals surface area (Å²) in [5, 5.41) is 40.4. The SMILES string of the molecule is O=C(O)CN1/C=C\N(Cc2ccccc2)CCN(CC(=O)O)CCN(Cc2cc([N+](=O)[O-])ccc2O)CC1. The van der Waals surface area contributed by atoms with E-state index in [1.54, 1.807) is 11.1 Å². The zero-order chi connectivity index (χ0) is 27.5. The van der Waals surface area contributed by atoms with E-state index < -0.39 is 16.9 Å². The van der Waals surface area contributed by atoms with Crippen LogP contribution in [0.2, 0.25) is 0 Å². The number of nitro groups is 1. The van der Waals surface area contributed by atoms with Gasteiger partial charge in [-0.1, -0.05) is 30.3 Å². The fourth-order valence-corrected chi connectivity index (χ4v) is 4.20. The molecule has 0 saturated carbocycles. The molecule has 0 aliphatic carbocycles. The van der Waals surface area contributed by atoms with E-state index in [0.29, 0.717) is 51.4 Å². The molecule has 0 aromatic heterocycles. The molecule has 12 nitrogen and oxygen atoms in total. The molecule has 3 rings (SSSR count). The zero-order valence-electron chi connectivity index (χ0n) is 21.1. The summed E-state index contributed by atoms with van der Waals surface area (Å²) >= 11 is 0. The first kappa shape index (κ1) is 28.4. The second kappa shape index (κ2) is 14.0. The highest BCUT2D eigenvalue weighted by molar-refractivity contribution is 5.69. The number of aromatic hydroxyl groups is 1. The highest BCUT2D eigenvalue weighted by Gasteiger charge is 2.19. The van der Waals surface area contributed by atoms with Crippen LogP contribution in [0.3, 0.4) is 0 Å². The van der Waals surface area contributed by atoms with Crippen molar-refractivity contribution in [3.8, 4) is 5.75 Å². The zero-order valence-corrected chi connectivity index (χ0v) is 21.1. The number of hydrogen-bond acceptors (Lipinski definition) is 9. The fraction of sp³-hybridized carbons (Fsp3) is 0.385. The number of carboxylic acid groups (broad SMARTS) is 2. The number of rotatable bonds is 9. The van der Waals surface area contributed by atoms with E-state index >= 15 is 0 Å². The first-order chi connectivity index (χ1) is 18.2. The lowest BCUT2D eigenvalue weighted by Gasteiger charge is -2.32. The number of non-ortho nitro benzene ring substituents is 1. The van der Waals surface area contributed by atoms with Gasteiger partial charge in [0.05, 0.1) is 11.5 Å². The first-order valence-electron chi connectivity index (χ1n) is 12.2. The number of nitrogens with zero attached hydrogens (tertiary/aromatic N) is 5. The Hall–Kier alpha value is -4.16. The standard InChI is InChI=1S/C26H33N5O7/c32-24-7-6-23(31(37)38)16-22(24)18-28-10-14-29(19-25(33)34)12-8-27(17-21-4-2-1-3-5-21)9-13-30(15-11-28)20-26(35)36/h1-8,12,16,32H,9-11,13-15,17-20H2,(H,33,34)(H,35,36)/b12-8-. The number of carbonyl (C=O) groups is 2. The van der Waals surface area contributed by atoms with Crippen LogP contribution in [0.15, 0.2) is 60.9 Å². The summed E-state index contributed by atoms with van der Waals surface area (Å²) in [6.07, 6.45) is 3.55. The quantitative estimate of drug-likeness (QED) is 0.324. The molecule has 0 unspecified atom stereocenters. The van der Waals surface area contributed by atoms with E-state index in [0.717, 1.165) is 5.56 Å². The number of aliphatic carboxylic acids is 2. The Balaban J connectivity index is 1.84. The van der Waals surface area contributed by atoms with E-state index in [1.165, 1.54) is 18.2 Å². The lowest BCUT2D eigenvalue weighted by atomic mass is 10.1. The Bertz CT molecular complexity index is 1130. The molecule has 0 amide bonds. The van der Waals surface area contributed by atoms with E-state index in [2.05, 4.69) is 0 Å². The van der Waals surface area contributed by atoms with Crippen molar-refractivity contribution in [2.45, 2.75) is 13.1 Å². The Kier molecular flexibility index (Phi) is 10.4. The van der Waals surface area contributed by atoms with Gasteiger partial charge in [0.15, 0.2) is 0 Å². The molecule has 0 fully saturated rings. The summed E-state index contributed by atoms with van der Waals surface area (Å²) in [6.45, 7) is 2.93. The Morgan fingerprint density at radius 2 is 1.39 bits per heavy atom. The predicted molar refractivity (Wildman–Crippen MR) is 139 cm³/mol. The van der Waals surface area contributed by atoms with Crippen molar-refractivity contribution < 1.29 is 29.8 Å². The smallest absolute Gasteiger partial charge is 0.323 e. The second-order valence-electron chi connectivity index (χ2n) is 9.13. The van der Waals surface area contributed by atoms with Gasteiger partial charge >= 0.3 is 11.9 Å². The van der Waals surface area contributed by atoms with Gasteiger partial charge in [-0.25, -0.2) is 0 Å². The number of carboxylic acids is 2. The van der Waals surface area contributed by atoms with E-state index in [-0.39, 0.29) is 31.1 Å². The summed E-state index contributed by atoms with van der Waals surface area (Å²) in [4.78, 5) is 41.2. The van der Waals surface area contributed by atoms with Crippen molar-refractivity contribution in [2.24, 2.45) is 0 Å². The van der Waals surface area contributed by atoms with Crippen LogP contribution in [0.4, 0.5) is 5.69 Å². The molecule has 12 heteroatoms. The van der Waals surface area contributed by atoms with Crippen LogP contribution in [0.5, 0.6) is 5.75 Å². The molecule has 1 aliphatic rings. The maximum atomic E-state index is 11.5. The lowest BCUT2D eigenvalue weighted by Crippen LogP contribution is -2.43. The molecule has 1 aliphatic heterocycles. The van der Waals surface area contributed by atoms with E-state index in [4.69, 9.17) is 0 Å². The average Bonchev–Trinajstić information content (AvgIpc) is 2.86. The highest BCUT2D eigenvalue weighted by Crippen LogP contribution is 2.24. The van der Waals surface area contributed by atoms with Crippen LogP contribution in [-0.2, 0) is 22.7 Å². The normalized spacial score (nSPS) is 16.8. The van der Waals surface area contributed by atoms with Gasteiger partial charge in [0.1, 0.15) is 12.3 Å².